The molecule has 5 nitrogen and oxygen atoms in total. The number of ketones is 1. The topological polar surface area (TPSA) is 87.1 Å². The molecule has 0 fully saturated rings. The Bertz CT molecular complexity index is 908. The van der Waals surface area contributed by atoms with E-state index in [4.69, 9.17) is 4.42 Å². The van der Waals surface area contributed by atoms with E-state index in [1.54, 1.807) is 6.92 Å². The van der Waals surface area contributed by atoms with Crippen molar-refractivity contribution >= 4 is 26.4 Å². The maximum atomic E-state index is 12.5. The Morgan fingerprint density at radius 3 is 2.68 bits per heavy atom. The van der Waals surface area contributed by atoms with Gasteiger partial charge in [0.15, 0.2) is 0 Å². The second kappa shape index (κ2) is 6.10. The van der Waals surface area contributed by atoms with E-state index in [1.165, 1.54) is 6.92 Å². The molecule has 0 aromatic carbocycles. The number of aromatic nitrogens is 1. The molecule has 0 spiro atoms. The molecule has 25 heavy (non-hydrogen) atoms. The molecule has 0 saturated carbocycles. The molecule has 3 rings (SSSR count). The van der Waals surface area contributed by atoms with Crippen molar-refractivity contribution in [3.63, 3.8) is 0 Å². The molecule has 3 atom stereocenters. The van der Waals surface area contributed by atoms with Gasteiger partial charge in [0.2, 0.25) is 0 Å². The van der Waals surface area contributed by atoms with Crippen LogP contribution in [0.3, 0.4) is 0 Å². The maximum absolute atomic E-state index is 12.5. The fourth-order valence-electron chi connectivity index (χ4n) is 4.06. The summed E-state index contributed by atoms with van der Waals surface area (Å²) in [6.45, 7) is 6.84. The molecular formula is C19H19N2O3Se. The molecule has 0 amide bonds. The van der Waals surface area contributed by atoms with E-state index < -0.39 is 17.4 Å². The molecule has 1 radical (unpaired) electrons. The summed E-state index contributed by atoms with van der Waals surface area (Å²) in [4.78, 5) is 16.9. The van der Waals surface area contributed by atoms with Gasteiger partial charge in [-0.25, -0.2) is 0 Å². The summed E-state index contributed by atoms with van der Waals surface area (Å²) >= 11 is 2.83. The first kappa shape index (κ1) is 17.9. The van der Waals surface area contributed by atoms with Crippen LogP contribution in [0.5, 0.6) is 0 Å². The third-order valence-electron chi connectivity index (χ3n) is 4.97. The summed E-state index contributed by atoms with van der Waals surface area (Å²) in [6, 6.07) is 5.86. The molecular weight excluding hydrogens is 383 g/mol. The number of hydrogen-bond acceptors (Lipinski definition) is 5. The number of carbonyl (C=O) groups excluding carboxylic acids is 1. The second-order valence-electron chi connectivity index (χ2n) is 6.93. The van der Waals surface area contributed by atoms with Crippen LogP contribution in [-0.4, -0.2) is 37.5 Å². The first-order valence-electron chi connectivity index (χ1n) is 8.07. The van der Waals surface area contributed by atoms with E-state index in [9.17, 15) is 15.2 Å². The summed E-state index contributed by atoms with van der Waals surface area (Å²) < 4.78 is 6.35. The Morgan fingerprint density at radius 2 is 2.16 bits per heavy atom. The van der Waals surface area contributed by atoms with Crippen LogP contribution in [0.15, 0.2) is 16.5 Å². The molecule has 2 aromatic rings. The number of carbonyl (C=O) groups is 1. The zero-order chi connectivity index (χ0) is 18.5. The van der Waals surface area contributed by atoms with Crippen molar-refractivity contribution in [1.29, 1.82) is 5.26 Å². The Labute approximate surface area is 154 Å². The molecule has 129 valence electrons. The molecule has 3 unspecified atom stereocenters. The van der Waals surface area contributed by atoms with Gasteiger partial charge in [-0.3, -0.25) is 0 Å². The average molecular weight is 402 g/mol. The van der Waals surface area contributed by atoms with Crippen molar-refractivity contribution in [1.82, 2.24) is 4.98 Å². The van der Waals surface area contributed by atoms with Gasteiger partial charge in [-0.05, 0) is 0 Å². The van der Waals surface area contributed by atoms with Crippen LogP contribution in [0.4, 0.5) is 0 Å². The van der Waals surface area contributed by atoms with E-state index in [2.05, 4.69) is 27.1 Å². The fraction of sp³-hybridized carbons (Fsp3) is 0.421. The van der Waals surface area contributed by atoms with Gasteiger partial charge in [0.25, 0.3) is 0 Å². The Balaban J connectivity index is 2.38. The molecule has 6 heteroatoms. The number of pyridine rings is 1. The van der Waals surface area contributed by atoms with Crippen molar-refractivity contribution in [2.24, 2.45) is 5.92 Å². The van der Waals surface area contributed by atoms with Crippen LogP contribution in [0, 0.1) is 31.1 Å². The predicted molar refractivity (Wildman–Crippen MR) is 92.9 cm³/mol. The fourth-order valence-corrected chi connectivity index (χ4v) is 4.70. The quantitative estimate of drug-likeness (QED) is 0.772. The first-order chi connectivity index (χ1) is 11.7. The zero-order valence-electron chi connectivity index (χ0n) is 14.6. The van der Waals surface area contributed by atoms with Crippen molar-refractivity contribution < 1.29 is 14.3 Å². The summed E-state index contributed by atoms with van der Waals surface area (Å²) in [5.41, 5.74) is 1.44. The third kappa shape index (κ3) is 2.83. The second-order valence-corrected chi connectivity index (χ2v) is 7.74. The number of rotatable bonds is 2. The Kier molecular flexibility index (Phi) is 4.36. The van der Waals surface area contributed by atoms with Crippen LogP contribution in [-0.2, 0) is 11.2 Å². The number of fused-ring (bicyclic) bond motifs is 1. The molecule has 1 aliphatic carbocycles. The molecule has 0 bridgehead atoms. The Hall–Kier alpha value is -1.93. The van der Waals surface area contributed by atoms with Gasteiger partial charge in [-0.1, -0.05) is 0 Å². The molecule has 0 aliphatic heterocycles. The van der Waals surface area contributed by atoms with Gasteiger partial charge >= 0.3 is 155 Å². The third-order valence-corrected chi connectivity index (χ3v) is 5.59. The van der Waals surface area contributed by atoms with Crippen LogP contribution in [0.2, 0.25) is 0 Å². The number of aliphatic hydroxyl groups is 1. The van der Waals surface area contributed by atoms with Gasteiger partial charge in [0.1, 0.15) is 0 Å². The van der Waals surface area contributed by atoms with Gasteiger partial charge in [-0.2, -0.15) is 0 Å². The van der Waals surface area contributed by atoms with E-state index in [0.29, 0.717) is 15.9 Å². The van der Waals surface area contributed by atoms with Gasteiger partial charge in [-0.15, -0.1) is 0 Å². The summed E-state index contributed by atoms with van der Waals surface area (Å²) in [7, 11) is 0. The number of hydrogen-bond donors (Lipinski definition) is 1. The van der Waals surface area contributed by atoms with E-state index >= 15 is 0 Å². The first-order valence-corrected chi connectivity index (χ1v) is 8.92. The minimum atomic E-state index is -1.28. The minimum absolute atomic E-state index is 0.111. The van der Waals surface area contributed by atoms with E-state index in [0.717, 1.165) is 22.6 Å². The number of Topliss-reactive ketones (excluding diaryl/α,β-unsaturated/α-hetero) is 1. The molecule has 2 aromatic heterocycles. The molecule has 0 saturated heterocycles. The number of aryl methyl sites for hydroxylation is 2. The summed E-state index contributed by atoms with van der Waals surface area (Å²) in [6.07, 6.45) is 0.226. The summed E-state index contributed by atoms with van der Waals surface area (Å²) in [5, 5.41) is 20.7. The van der Waals surface area contributed by atoms with E-state index in [1.807, 2.05) is 26.0 Å². The average Bonchev–Trinajstić information content (AvgIpc) is 2.91. The monoisotopic (exact) mass is 403 g/mol. The van der Waals surface area contributed by atoms with Gasteiger partial charge in [0.05, 0.1) is 0 Å². The normalized spacial score (nSPS) is 25.3. The molecule has 2 heterocycles. The Morgan fingerprint density at radius 1 is 1.48 bits per heavy atom. The molecule has 1 N–H and O–H groups in total. The summed E-state index contributed by atoms with van der Waals surface area (Å²) in [5.74, 6) is 0.102. The molecule has 1 aliphatic rings. The predicted octanol–water partition coefficient (Wildman–Crippen LogP) is 1.60. The zero-order valence-corrected chi connectivity index (χ0v) is 16.3. The van der Waals surface area contributed by atoms with Crippen molar-refractivity contribution in [3.8, 4) is 6.07 Å². The van der Waals surface area contributed by atoms with Crippen molar-refractivity contribution in [2.45, 2.75) is 45.6 Å². The van der Waals surface area contributed by atoms with Gasteiger partial charge in [0, 0.05) is 0 Å². The number of furan rings is 1. The van der Waals surface area contributed by atoms with Crippen LogP contribution in [0.25, 0.3) is 0 Å². The van der Waals surface area contributed by atoms with E-state index in [-0.39, 0.29) is 12.2 Å². The standard InChI is InChI=1S/C19H19N2O3Se/c1-9-5-6-14(24-9)16-15-10(2)21-18(25)13(8-20)12(15)7-19(4,23)17(16)11(3)22/h5-6,16-17,23H,7H2,1-4H3. The van der Waals surface area contributed by atoms with Gasteiger partial charge < -0.3 is 0 Å². The SMILES string of the molecule is CC(=O)C1C(c2ccc(C)o2)c2c(C)nc([Se])c(C#N)c2CC1(C)O. The van der Waals surface area contributed by atoms with Crippen LogP contribution < -0.4 is 4.59 Å². The van der Waals surface area contributed by atoms with Crippen LogP contribution >= 0.6 is 0 Å². The number of nitrogens with zero attached hydrogens (tertiary/aromatic N) is 2. The van der Waals surface area contributed by atoms with Crippen molar-refractivity contribution in [3.05, 3.63) is 46.0 Å². The van der Waals surface area contributed by atoms with Crippen LogP contribution in [0.1, 0.15) is 53.7 Å². The number of nitriles is 1. The van der Waals surface area contributed by atoms with Crippen molar-refractivity contribution in [2.75, 3.05) is 0 Å².